The third kappa shape index (κ3) is 2.59. The number of rotatable bonds is 1. The lowest BCUT2D eigenvalue weighted by Gasteiger charge is -2.08. The molecule has 0 atom stereocenters. The lowest BCUT2D eigenvalue weighted by Crippen LogP contribution is -2.11. The molecule has 0 spiro atoms. The van der Waals surface area contributed by atoms with E-state index in [1.54, 1.807) is 0 Å². The van der Waals surface area contributed by atoms with Gasteiger partial charge in [-0.05, 0) is 6.07 Å². The van der Waals surface area contributed by atoms with Crippen molar-refractivity contribution in [2.45, 2.75) is 6.18 Å². The van der Waals surface area contributed by atoms with Crippen LogP contribution in [-0.4, -0.2) is 11.3 Å². The first-order chi connectivity index (χ1) is 5.95. The van der Waals surface area contributed by atoms with E-state index in [9.17, 15) is 18.0 Å². The van der Waals surface area contributed by atoms with Crippen LogP contribution in [-0.2, 0) is 6.18 Å². The van der Waals surface area contributed by atoms with Crippen LogP contribution in [0.15, 0.2) is 12.3 Å². The Hall–Kier alpha value is -1.30. The van der Waals surface area contributed by atoms with Gasteiger partial charge in [0.15, 0.2) is 6.29 Å². The van der Waals surface area contributed by atoms with Gasteiger partial charge in [0.25, 0.3) is 0 Å². The highest BCUT2D eigenvalue weighted by Gasteiger charge is 2.34. The number of nitrogens with zero attached hydrogens (tertiary/aromatic N) is 1. The number of pyridine rings is 1. The van der Waals surface area contributed by atoms with Gasteiger partial charge in [0.05, 0.1) is 17.4 Å². The third-order valence-electron chi connectivity index (χ3n) is 1.36. The van der Waals surface area contributed by atoms with Crippen molar-refractivity contribution in [3.8, 4) is 0 Å². The molecule has 0 radical (unpaired) electrons. The van der Waals surface area contributed by atoms with Gasteiger partial charge in [-0.25, -0.2) is 0 Å². The molecule has 1 heterocycles. The number of aldehydes is 1. The summed E-state index contributed by atoms with van der Waals surface area (Å²) in [6.45, 7) is 0. The summed E-state index contributed by atoms with van der Waals surface area (Å²) < 4.78 is 36.5. The van der Waals surface area contributed by atoms with Crippen LogP contribution in [0.3, 0.4) is 0 Å². The lowest BCUT2D eigenvalue weighted by atomic mass is 10.2. The molecule has 0 amide bonds. The summed E-state index contributed by atoms with van der Waals surface area (Å²) in [5.74, 6) is 0. The van der Waals surface area contributed by atoms with E-state index in [0.717, 1.165) is 6.20 Å². The van der Waals surface area contributed by atoms with Crippen molar-refractivity contribution in [3.05, 3.63) is 23.5 Å². The number of nitrogen functional groups attached to an aromatic ring is 1. The molecule has 0 fully saturated rings. The summed E-state index contributed by atoms with van der Waals surface area (Å²) in [6, 6.07) is 0.677. The topological polar surface area (TPSA) is 56.0 Å². The molecule has 0 unspecified atom stereocenters. The SMILES string of the molecule is Cl.Nc1cnc(C=O)c(C(F)(F)F)c1. The van der Waals surface area contributed by atoms with Crippen LogP contribution < -0.4 is 5.73 Å². The molecular formula is C7H6ClF3N2O. The molecule has 1 aromatic rings. The van der Waals surface area contributed by atoms with E-state index >= 15 is 0 Å². The number of carbonyl (C=O) groups excluding carboxylic acids is 1. The van der Waals surface area contributed by atoms with Gasteiger partial charge in [-0.3, -0.25) is 9.78 Å². The van der Waals surface area contributed by atoms with E-state index in [1.807, 2.05) is 0 Å². The number of alkyl halides is 3. The van der Waals surface area contributed by atoms with Crippen LogP contribution in [0.25, 0.3) is 0 Å². The molecule has 3 nitrogen and oxygen atoms in total. The first-order valence-electron chi connectivity index (χ1n) is 3.23. The molecule has 0 bridgehead atoms. The van der Waals surface area contributed by atoms with Crippen LogP contribution in [0.2, 0.25) is 0 Å². The van der Waals surface area contributed by atoms with Crippen molar-refractivity contribution in [1.29, 1.82) is 0 Å². The summed E-state index contributed by atoms with van der Waals surface area (Å²) in [6.07, 6.45) is -3.56. The molecule has 0 saturated heterocycles. The Morgan fingerprint density at radius 2 is 2.00 bits per heavy atom. The van der Waals surface area contributed by atoms with Gasteiger partial charge in [0.2, 0.25) is 0 Å². The second-order valence-electron chi connectivity index (χ2n) is 2.32. The Kier molecular flexibility index (Phi) is 3.88. The fraction of sp³-hybridized carbons (Fsp3) is 0.143. The standard InChI is InChI=1S/C7H5F3N2O.ClH/c8-7(9,10)5-1-4(11)2-12-6(5)3-13;/h1-3H,11H2;1H. The lowest BCUT2D eigenvalue weighted by molar-refractivity contribution is -0.138. The predicted molar refractivity (Wildman–Crippen MR) is 46.3 cm³/mol. The van der Waals surface area contributed by atoms with E-state index in [2.05, 4.69) is 4.98 Å². The van der Waals surface area contributed by atoms with Crippen LogP contribution in [0.4, 0.5) is 18.9 Å². The zero-order valence-corrected chi connectivity index (χ0v) is 7.52. The number of anilines is 1. The molecule has 0 aromatic carbocycles. The number of halogens is 4. The minimum Gasteiger partial charge on any atom is -0.397 e. The highest BCUT2D eigenvalue weighted by Crippen LogP contribution is 2.31. The summed E-state index contributed by atoms with van der Waals surface area (Å²) in [5.41, 5.74) is 3.21. The maximum Gasteiger partial charge on any atom is 0.418 e. The number of nitrogens with two attached hydrogens (primary N) is 1. The quantitative estimate of drug-likeness (QED) is 0.745. The zero-order chi connectivity index (χ0) is 10.1. The fourth-order valence-electron chi connectivity index (χ4n) is 0.812. The van der Waals surface area contributed by atoms with Crippen LogP contribution in [0.5, 0.6) is 0 Å². The normalized spacial score (nSPS) is 10.5. The minimum atomic E-state index is -4.60. The number of aromatic nitrogens is 1. The van der Waals surface area contributed by atoms with Gasteiger partial charge in [0, 0.05) is 0 Å². The molecule has 2 N–H and O–H groups in total. The molecule has 1 rings (SSSR count). The molecule has 0 aliphatic rings. The molecule has 0 aliphatic carbocycles. The Morgan fingerprint density at radius 1 is 1.43 bits per heavy atom. The molecule has 7 heteroatoms. The van der Waals surface area contributed by atoms with Crippen molar-refractivity contribution in [2.24, 2.45) is 0 Å². The van der Waals surface area contributed by atoms with E-state index in [1.165, 1.54) is 0 Å². The highest BCUT2D eigenvalue weighted by molar-refractivity contribution is 5.85. The third-order valence-corrected chi connectivity index (χ3v) is 1.36. The molecule has 0 saturated carbocycles. The van der Waals surface area contributed by atoms with Gasteiger partial charge in [-0.15, -0.1) is 12.4 Å². The first-order valence-corrected chi connectivity index (χ1v) is 3.23. The minimum absolute atomic E-state index is 0. The van der Waals surface area contributed by atoms with Gasteiger partial charge in [0.1, 0.15) is 5.69 Å². The van der Waals surface area contributed by atoms with Crippen LogP contribution in [0, 0.1) is 0 Å². The number of carbonyl (C=O) groups is 1. The summed E-state index contributed by atoms with van der Waals surface area (Å²) in [4.78, 5) is 13.4. The maximum absolute atomic E-state index is 12.2. The van der Waals surface area contributed by atoms with Gasteiger partial charge < -0.3 is 5.73 Å². The first kappa shape index (κ1) is 12.7. The zero-order valence-electron chi connectivity index (χ0n) is 6.71. The molecule has 1 aromatic heterocycles. The molecule has 0 aliphatic heterocycles. The predicted octanol–water partition coefficient (Wildman–Crippen LogP) is 1.92. The average molecular weight is 227 g/mol. The monoisotopic (exact) mass is 226 g/mol. The highest BCUT2D eigenvalue weighted by atomic mass is 35.5. The van der Waals surface area contributed by atoms with Gasteiger partial charge in [-0.1, -0.05) is 0 Å². The Labute approximate surface area is 83.5 Å². The van der Waals surface area contributed by atoms with E-state index in [4.69, 9.17) is 5.73 Å². The second-order valence-corrected chi connectivity index (χ2v) is 2.32. The summed E-state index contributed by atoms with van der Waals surface area (Å²) in [7, 11) is 0. The number of hydrogen-bond donors (Lipinski definition) is 1. The molecule has 14 heavy (non-hydrogen) atoms. The van der Waals surface area contributed by atoms with Crippen molar-refractivity contribution in [1.82, 2.24) is 4.98 Å². The smallest absolute Gasteiger partial charge is 0.397 e. The van der Waals surface area contributed by atoms with Crippen molar-refractivity contribution in [3.63, 3.8) is 0 Å². The Balaban J connectivity index is 0.00000169. The van der Waals surface area contributed by atoms with Gasteiger partial charge in [-0.2, -0.15) is 13.2 Å². The Bertz CT molecular complexity index is 340. The molecular weight excluding hydrogens is 221 g/mol. The second kappa shape index (κ2) is 4.28. The number of hydrogen-bond acceptors (Lipinski definition) is 3. The summed E-state index contributed by atoms with van der Waals surface area (Å²) >= 11 is 0. The van der Waals surface area contributed by atoms with Gasteiger partial charge >= 0.3 is 6.18 Å². The molecule has 78 valence electrons. The van der Waals surface area contributed by atoms with Crippen molar-refractivity contribution < 1.29 is 18.0 Å². The largest absolute Gasteiger partial charge is 0.418 e. The van der Waals surface area contributed by atoms with Crippen LogP contribution >= 0.6 is 12.4 Å². The fourth-order valence-corrected chi connectivity index (χ4v) is 0.812. The van der Waals surface area contributed by atoms with E-state index < -0.39 is 17.4 Å². The van der Waals surface area contributed by atoms with Crippen molar-refractivity contribution >= 4 is 24.4 Å². The van der Waals surface area contributed by atoms with Crippen molar-refractivity contribution in [2.75, 3.05) is 5.73 Å². The van der Waals surface area contributed by atoms with Crippen LogP contribution in [0.1, 0.15) is 16.1 Å². The van der Waals surface area contributed by atoms with E-state index in [0.29, 0.717) is 6.07 Å². The Morgan fingerprint density at radius 3 is 2.43 bits per heavy atom. The average Bonchev–Trinajstić information content (AvgIpc) is 2.03. The summed E-state index contributed by atoms with van der Waals surface area (Å²) in [5, 5.41) is 0. The maximum atomic E-state index is 12.2. The van der Waals surface area contributed by atoms with E-state index in [-0.39, 0.29) is 24.4 Å².